The highest BCUT2D eigenvalue weighted by atomic mass is 32.2. The van der Waals surface area contributed by atoms with E-state index < -0.39 is 25.4 Å². The molecule has 0 aliphatic carbocycles. The van der Waals surface area contributed by atoms with Gasteiger partial charge < -0.3 is 0 Å². The molecule has 0 amide bonds. The summed E-state index contributed by atoms with van der Waals surface area (Å²) in [5.41, 5.74) is -0.0754. The molecular formula is C12H17NO4S2. The first-order chi connectivity index (χ1) is 8.62. The van der Waals surface area contributed by atoms with Crippen LogP contribution in [0.5, 0.6) is 0 Å². The molecule has 2 rings (SSSR count). The Hall–Kier alpha value is -0.920. The van der Waals surface area contributed by atoms with E-state index in [0.717, 1.165) is 5.56 Å². The fourth-order valence-electron chi connectivity index (χ4n) is 2.26. The van der Waals surface area contributed by atoms with E-state index >= 15 is 0 Å². The summed E-state index contributed by atoms with van der Waals surface area (Å²) in [6, 6.07) is 6.54. The van der Waals surface area contributed by atoms with Crippen LogP contribution in [0.15, 0.2) is 29.2 Å². The Kier molecular flexibility index (Phi) is 3.49. The van der Waals surface area contributed by atoms with Gasteiger partial charge in [-0.05, 0) is 38.0 Å². The van der Waals surface area contributed by atoms with Gasteiger partial charge in [0.25, 0.3) is 0 Å². The molecule has 0 aromatic heterocycles. The fourth-order valence-corrected chi connectivity index (χ4v) is 5.98. The number of aryl methyl sites for hydroxylation is 1. The van der Waals surface area contributed by atoms with Crippen molar-refractivity contribution >= 4 is 19.9 Å². The zero-order valence-electron chi connectivity index (χ0n) is 10.9. The van der Waals surface area contributed by atoms with Crippen LogP contribution in [0.1, 0.15) is 18.9 Å². The highest BCUT2D eigenvalue weighted by Gasteiger charge is 2.41. The van der Waals surface area contributed by atoms with Crippen molar-refractivity contribution in [3.63, 3.8) is 0 Å². The Morgan fingerprint density at radius 2 is 2.00 bits per heavy atom. The molecule has 1 fully saturated rings. The van der Waals surface area contributed by atoms with Crippen LogP contribution in [-0.4, -0.2) is 33.9 Å². The molecule has 1 N–H and O–H groups in total. The number of sulfonamides is 1. The van der Waals surface area contributed by atoms with Gasteiger partial charge in [-0.2, -0.15) is 0 Å². The van der Waals surface area contributed by atoms with Gasteiger partial charge in [0.1, 0.15) is 0 Å². The molecule has 1 atom stereocenters. The van der Waals surface area contributed by atoms with Crippen molar-refractivity contribution in [1.82, 2.24) is 4.72 Å². The maximum atomic E-state index is 12.3. The van der Waals surface area contributed by atoms with Gasteiger partial charge in [-0.15, -0.1) is 0 Å². The van der Waals surface area contributed by atoms with Crippen molar-refractivity contribution in [1.29, 1.82) is 0 Å². The van der Waals surface area contributed by atoms with E-state index in [9.17, 15) is 16.8 Å². The van der Waals surface area contributed by atoms with Crippen LogP contribution in [0.4, 0.5) is 0 Å². The second kappa shape index (κ2) is 4.57. The SMILES string of the molecule is Cc1cccc(S(=O)(=O)NC2(C)CCS(=O)(=O)C2)c1. The molecule has 0 spiro atoms. The summed E-state index contributed by atoms with van der Waals surface area (Å²) in [7, 11) is -6.83. The summed E-state index contributed by atoms with van der Waals surface area (Å²) >= 11 is 0. The Balaban J connectivity index is 2.28. The molecule has 19 heavy (non-hydrogen) atoms. The number of nitrogens with one attached hydrogen (secondary N) is 1. The largest absolute Gasteiger partial charge is 0.241 e. The summed E-state index contributed by atoms with van der Waals surface area (Å²) in [6.07, 6.45) is 0.306. The fraction of sp³-hybridized carbons (Fsp3) is 0.500. The molecule has 1 aromatic rings. The minimum Gasteiger partial charge on any atom is -0.229 e. The van der Waals surface area contributed by atoms with Crippen LogP contribution in [0.25, 0.3) is 0 Å². The molecule has 106 valence electrons. The van der Waals surface area contributed by atoms with Crippen molar-refractivity contribution in [3.8, 4) is 0 Å². The van der Waals surface area contributed by atoms with Crippen LogP contribution in [0.2, 0.25) is 0 Å². The maximum Gasteiger partial charge on any atom is 0.241 e. The number of hydrogen-bond acceptors (Lipinski definition) is 4. The lowest BCUT2D eigenvalue weighted by Gasteiger charge is -2.23. The summed E-state index contributed by atoms with van der Waals surface area (Å²) in [6.45, 7) is 3.44. The van der Waals surface area contributed by atoms with Crippen molar-refractivity contribution in [2.75, 3.05) is 11.5 Å². The number of sulfone groups is 1. The molecular weight excluding hydrogens is 286 g/mol. The van der Waals surface area contributed by atoms with Crippen LogP contribution in [0, 0.1) is 6.92 Å². The van der Waals surface area contributed by atoms with Gasteiger partial charge in [0.05, 0.1) is 16.4 Å². The average molecular weight is 303 g/mol. The van der Waals surface area contributed by atoms with Crippen molar-refractivity contribution in [3.05, 3.63) is 29.8 Å². The third-order valence-corrected chi connectivity index (χ3v) is 6.72. The van der Waals surface area contributed by atoms with Gasteiger partial charge in [0, 0.05) is 5.54 Å². The first-order valence-electron chi connectivity index (χ1n) is 5.93. The van der Waals surface area contributed by atoms with Crippen molar-refractivity contribution < 1.29 is 16.8 Å². The van der Waals surface area contributed by atoms with Crippen LogP contribution in [-0.2, 0) is 19.9 Å². The monoisotopic (exact) mass is 303 g/mol. The van der Waals surface area contributed by atoms with Crippen LogP contribution < -0.4 is 4.72 Å². The second-order valence-corrected chi connectivity index (χ2v) is 9.19. The van der Waals surface area contributed by atoms with Crippen molar-refractivity contribution in [2.24, 2.45) is 0 Å². The van der Waals surface area contributed by atoms with Gasteiger partial charge >= 0.3 is 0 Å². The Morgan fingerprint density at radius 1 is 1.32 bits per heavy atom. The third-order valence-electron chi connectivity index (χ3n) is 3.18. The molecule has 1 saturated heterocycles. The van der Waals surface area contributed by atoms with Gasteiger partial charge in [-0.1, -0.05) is 12.1 Å². The summed E-state index contributed by atoms with van der Waals surface area (Å²) < 4.78 is 50.0. The normalized spacial score (nSPS) is 26.4. The third kappa shape index (κ3) is 3.34. The summed E-state index contributed by atoms with van der Waals surface area (Å²) in [5, 5.41) is 0. The smallest absolute Gasteiger partial charge is 0.229 e. The van der Waals surface area contributed by atoms with Gasteiger partial charge in [-0.3, -0.25) is 0 Å². The standard InChI is InChI=1S/C12H17NO4S2/c1-10-4-3-5-11(8-10)19(16,17)13-12(2)6-7-18(14,15)9-12/h3-5,8,13H,6-7,9H2,1-2H3. The Bertz CT molecular complexity index is 694. The maximum absolute atomic E-state index is 12.3. The Labute approximate surface area is 114 Å². The zero-order valence-corrected chi connectivity index (χ0v) is 12.5. The first-order valence-corrected chi connectivity index (χ1v) is 9.24. The van der Waals surface area contributed by atoms with Gasteiger partial charge in [-0.25, -0.2) is 21.6 Å². The molecule has 1 aliphatic rings. The van der Waals surface area contributed by atoms with E-state index in [1.165, 1.54) is 6.07 Å². The predicted octanol–water partition coefficient (Wildman–Crippen LogP) is 0.851. The van der Waals surface area contributed by atoms with Gasteiger partial charge in [0.15, 0.2) is 9.84 Å². The van der Waals surface area contributed by atoms with E-state index in [2.05, 4.69) is 4.72 Å². The highest BCUT2D eigenvalue weighted by molar-refractivity contribution is 7.92. The van der Waals surface area contributed by atoms with Crippen LogP contribution in [0.3, 0.4) is 0 Å². The highest BCUT2D eigenvalue weighted by Crippen LogP contribution is 2.25. The van der Waals surface area contributed by atoms with E-state index in [4.69, 9.17) is 0 Å². The van der Waals surface area contributed by atoms with E-state index in [1.807, 2.05) is 0 Å². The minimum absolute atomic E-state index is 0.0276. The Morgan fingerprint density at radius 3 is 2.53 bits per heavy atom. The molecule has 5 nitrogen and oxygen atoms in total. The minimum atomic E-state index is -3.69. The molecule has 1 aromatic carbocycles. The first kappa shape index (κ1) is 14.5. The van der Waals surface area contributed by atoms with Gasteiger partial charge in [0.2, 0.25) is 10.0 Å². The molecule has 1 unspecified atom stereocenters. The molecule has 7 heteroatoms. The number of rotatable bonds is 3. The number of hydrogen-bond donors (Lipinski definition) is 1. The van der Waals surface area contributed by atoms with E-state index in [-0.39, 0.29) is 16.4 Å². The molecule has 0 saturated carbocycles. The lowest BCUT2D eigenvalue weighted by molar-refractivity contribution is 0.462. The predicted molar refractivity (Wildman–Crippen MR) is 73.2 cm³/mol. The molecule has 1 aliphatic heterocycles. The van der Waals surface area contributed by atoms with Crippen LogP contribution >= 0.6 is 0 Å². The summed E-state index contributed by atoms with van der Waals surface area (Å²) in [4.78, 5) is 0.165. The quantitative estimate of drug-likeness (QED) is 0.897. The molecule has 0 radical (unpaired) electrons. The molecule has 0 bridgehead atoms. The lowest BCUT2D eigenvalue weighted by atomic mass is 10.0. The number of benzene rings is 1. The van der Waals surface area contributed by atoms with Crippen molar-refractivity contribution in [2.45, 2.75) is 30.7 Å². The second-order valence-electron chi connectivity index (χ2n) is 5.32. The zero-order chi connectivity index (χ0) is 14.3. The van der Waals surface area contributed by atoms with E-state index in [1.54, 1.807) is 32.0 Å². The lowest BCUT2D eigenvalue weighted by Crippen LogP contribution is -2.46. The molecule has 1 heterocycles. The van der Waals surface area contributed by atoms with E-state index in [0.29, 0.717) is 6.42 Å². The average Bonchev–Trinajstić information content (AvgIpc) is 2.51. The summed E-state index contributed by atoms with van der Waals surface area (Å²) in [5.74, 6) is -0.120. The topological polar surface area (TPSA) is 80.3 Å².